The number of carbonyl (C=O) groups excluding carboxylic acids is 1. The molecule has 2 aromatic carbocycles. The van der Waals surface area contributed by atoms with Crippen molar-refractivity contribution in [2.24, 2.45) is 0 Å². The lowest BCUT2D eigenvalue weighted by atomic mass is 10.0. The summed E-state index contributed by atoms with van der Waals surface area (Å²) in [5.74, 6) is -0.351. The van der Waals surface area contributed by atoms with Crippen molar-refractivity contribution in [3.63, 3.8) is 0 Å². The van der Waals surface area contributed by atoms with Crippen LogP contribution in [0.25, 0.3) is 0 Å². The Hall–Kier alpha value is -2.07. The number of nitrogens with zero attached hydrogens (tertiary/aromatic N) is 1. The average molecular weight is 333 g/mol. The zero-order chi connectivity index (χ0) is 16.2. The molecule has 1 amide bonds. The van der Waals surface area contributed by atoms with E-state index >= 15 is 0 Å². The van der Waals surface area contributed by atoms with Crippen molar-refractivity contribution in [1.82, 2.24) is 0 Å². The molecule has 3 nitrogen and oxygen atoms in total. The number of amides is 1. The van der Waals surface area contributed by atoms with Crippen molar-refractivity contribution in [3.05, 3.63) is 58.9 Å². The number of hydrogen-bond donors (Lipinski definition) is 1. The Morgan fingerprint density at radius 3 is 2.91 bits per heavy atom. The summed E-state index contributed by atoms with van der Waals surface area (Å²) in [4.78, 5) is 14.3. The first-order chi connectivity index (χ1) is 11.1. The van der Waals surface area contributed by atoms with Crippen LogP contribution in [0, 0.1) is 5.82 Å². The van der Waals surface area contributed by atoms with E-state index in [1.54, 1.807) is 6.07 Å². The number of carbonyl (C=O) groups is 1. The van der Waals surface area contributed by atoms with Gasteiger partial charge in [0.25, 0.3) is 0 Å². The van der Waals surface area contributed by atoms with E-state index in [1.807, 2.05) is 23.1 Å². The van der Waals surface area contributed by atoms with Crippen molar-refractivity contribution in [2.45, 2.75) is 19.3 Å². The highest BCUT2D eigenvalue weighted by Crippen LogP contribution is 2.27. The monoisotopic (exact) mass is 332 g/mol. The Bertz CT molecular complexity index is 720. The van der Waals surface area contributed by atoms with E-state index in [0.717, 1.165) is 25.1 Å². The maximum atomic E-state index is 13.1. The maximum Gasteiger partial charge on any atom is 0.228 e. The van der Waals surface area contributed by atoms with Gasteiger partial charge in [-0.05, 0) is 42.7 Å². The van der Waals surface area contributed by atoms with Gasteiger partial charge in [-0.3, -0.25) is 4.79 Å². The lowest BCUT2D eigenvalue weighted by molar-refractivity contribution is -0.118. The molecule has 0 aromatic heterocycles. The molecular weight excluding hydrogens is 315 g/mol. The molecule has 0 aliphatic carbocycles. The third kappa shape index (κ3) is 3.64. The highest BCUT2D eigenvalue weighted by atomic mass is 35.5. The van der Waals surface area contributed by atoms with Crippen LogP contribution in [-0.4, -0.2) is 19.0 Å². The standard InChI is InChI=1S/C18H18ClFN2O/c19-15-12-14(7-8-16(15)20)21-10-9-18(23)22-11-3-5-13-4-1-2-6-17(13)22/h1-2,4,6-8,12,21H,3,5,9-11H2. The second-order valence-electron chi connectivity index (χ2n) is 5.58. The summed E-state index contributed by atoms with van der Waals surface area (Å²) in [6, 6.07) is 12.5. The van der Waals surface area contributed by atoms with Gasteiger partial charge in [-0.15, -0.1) is 0 Å². The average Bonchev–Trinajstić information content (AvgIpc) is 2.57. The molecule has 0 bridgehead atoms. The number of nitrogens with one attached hydrogen (secondary N) is 1. The molecule has 120 valence electrons. The number of anilines is 2. The molecule has 0 radical (unpaired) electrons. The van der Waals surface area contributed by atoms with Crippen molar-refractivity contribution in [3.8, 4) is 0 Å². The van der Waals surface area contributed by atoms with Gasteiger partial charge >= 0.3 is 0 Å². The molecule has 0 atom stereocenters. The Morgan fingerprint density at radius 1 is 1.26 bits per heavy atom. The Morgan fingerprint density at radius 2 is 2.09 bits per heavy atom. The van der Waals surface area contributed by atoms with E-state index in [-0.39, 0.29) is 10.9 Å². The van der Waals surface area contributed by atoms with Gasteiger partial charge in [0.05, 0.1) is 5.02 Å². The number of fused-ring (bicyclic) bond motifs is 1. The third-order valence-electron chi connectivity index (χ3n) is 4.00. The van der Waals surface area contributed by atoms with E-state index in [9.17, 15) is 9.18 Å². The van der Waals surface area contributed by atoms with Gasteiger partial charge in [-0.1, -0.05) is 29.8 Å². The van der Waals surface area contributed by atoms with Crippen LogP contribution in [0.4, 0.5) is 15.8 Å². The van der Waals surface area contributed by atoms with Crippen LogP contribution in [0.2, 0.25) is 5.02 Å². The van der Waals surface area contributed by atoms with Gasteiger partial charge in [0.2, 0.25) is 5.91 Å². The summed E-state index contributed by atoms with van der Waals surface area (Å²) < 4.78 is 13.1. The molecule has 0 unspecified atom stereocenters. The van der Waals surface area contributed by atoms with E-state index in [0.29, 0.717) is 18.7 Å². The maximum absolute atomic E-state index is 13.1. The van der Waals surface area contributed by atoms with Crippen LogP contribution in [0.1, 0.15) is 18.4 Å². The van der Waals surface area contributed by atoms with Crippen molar-refractivity contribution in [1.29, 1.82) is 0 Å². The first-order valence-corrected chi connectivity index (χ1v) is 8.10. The number of aryl methyl sites for hydroxylation is 1. The molecule has 0 saturated heterocycles. The molecule has 0 saturated carbocycles. The minimum Gasteiger partial charge on any atom is -0.384 e. The fourth-order valence-corrected chi connectivity index (χ4v) is 3.03. The van der Waals surface area contributed by atoms with Crippen molar-refractivity contribution >= 4 is 28.9 Å². The normalized spacial score (nSPS) is 13.6. The van der Waals surface area contributed by atoms with Gasteiger partial charge in [0.15, 0.2) is 0 Å². The predicted molar refractivity (Wildman–Crippen MR) is 91.6 cm³/mol. The van der Waals surface area contributed by atoms with Crippen LogP contribution in [0.3, 0.4) is 0 Å². The predicted octanol–water partition coefficient (Wildman–Crippen LogP) is 4.26. The van der Waals surface area contributed by atoms with Gasteiger partial charge in [-0.2, -0.15) is 0 Å². The Kier molecular flexibility index (Phi) is 4.82. The summed E-state index contributed by atoms with van der Waals surface area (Å²) in [7, 11) is 0. The summed E-state index contributed by atoms with van der Waals surface area (Å²) in [5.41, 5.74) is 2.96. The van der Waals surface area contributed by atoms with E-state index < -0.39 is 5.82 Å². The van der Waals surface area contributed by atoms with Crippen molar-refractivity contribution in [2.75, 3.05) is 23.3 Å². The molecule has 0 fully saturated rings. The number of rotatable bonds is 4. The van der Waals surface area contributed by atoms with E-state index in [4.69, 9.17) is 11.6 Å². The summed E-state index contributed by atoms with van der Waals surface area (Å²) in [6.07, 6.45) is 2.39. The molecule has 0 spiro atoms. The van der Waals surface area contributed by atoms with Crippen LogP contribution in [0.5, 0.6) is 0 Å². The van der Waals surface area contributed by atoms with Gasteiger partial charge in [0.1, 0.15) is 5.82 Å². The lowest BCUT2D eigenvalue weighted by Gasteiger charge is -2.29. The minimum atomic E-state index is -0.446. The molecule has 1 aliphatic rings. The van der Waals surface area contributed by atoms with Gasteiger partial charge in [0, 0.05) is 30.9 Å². The summed E-state index contributed by atoms with van der Waals surface area (Å²) in [5, 5.41) is 3.18. The molecule has 2 aromatic rings. The molecule has 23 heavy (non-hydrogen) atoms. The number of benzene rings is 2. The topological polar surface area (TPSA) is 32.3 Å². The fraction of sp³-hybridized carbons (Fsp3) is 0.278. The molecule has 1 heterocycles. The SMILES string of the molecule is O=C(CCNc1ccc(F)c(Cl)c1)N1CCCc2ccccc21. The zero-order valence-corrected chi connectivity index (χ0v) is 13.4. The van der Waals surface area contributed by atoms with Gasteiger partial charge < -0.3 is 10.2 Å². The quantitative estimate of drug-likeness (QED) is 0.907. The first kappa shape index (κ1) is 15.8. The second-order valence-corrected chi connectivity index (χ2v) is 5.99. The number of para-hydroxylation sites is 1. The minimum absolute atomic E-state index is 0.0753. The number of hydrogen-bond acceptors (Lipinski definition) is 2. The molecular formula is C18H18ClFN2O. The smallest absolute Gasteiger partial charge is 0.228 e. The van der Waals surface area contributed by atoms with Crippen LogP contribution in [-0.2, 0) is 11.2 Å². The highest BCUT2D eigenvalue weighted by molar-refractivity contribution is 6.31. The number of halogens is 2. The molecule has 1 aliphatic heterocycles. The summed E-state index contributed by atoms with van der Waals surface area (Å²) in [6.45, 7) is 1.25. The summed E-state index contributed by atoms with van der Waals surface area (Å²) >= 11 is 5.74. The largest absolute Gasteiger partial charge is 0.384 e. The fourth-order valence-electron chi connectivity index (χ4n) is 2.85. The van der Waals surface area contributed by atoms with Crippen LogP contribution in [0.15, 0.2) is 42.5 Å². The molecule has 3 rings (SSSR count). The lowest BCUT2D eigenvalue weighted by Crippen LogP contribution is -2.36. The van der Waals surface area contributed by atoms with Crippen LogP contribution < -0.4 is 10.2 Å². The Balaban J connectivity index is 1.59. The highest BCUT2D eigenvalue weighted by Gasteiger charge is 2.21. The molecule has 1 N–H and O–H groups in total. The van der Waals surface area contributed by atoms with Gasteiger partial charge in [-0.25, -0.2) is 4.39 Å². The van der Waals surface area contributed by atoms with Crippen molar-refractivity contribution < 1.29 is 9.18 Å². The van der Waals surface area contributed by atoms with E-state index in [1.165, 1.54) is 17.7 Å². The third-order valence-corrected chi connectivity index (χ3v) is 4.29. The molecule has 5 heteroatoms. The zero-order valence-electron chi connectivity index (χ0n) is 12.7. The Labute approximate surface area is 140 Å². The van der Waals surface area contributed by atoms with E-state index in [2.05, 4.69) is 11.4 Å². The second kappa shape index (κ2) is 7.01. The first-order valence-electron chi connectivity index (χ1n) is 7.72. The van der Waals surface area contributed by atoms with Crippen LogP contribution >= 0.6 is 11.6 Å².